The second kappa shape index (κ2) is 7.95. The maximum absolute atomic E-state index is 12.7. The van der Waals surface area contributed by atoms with E-state index in [1.165, 1.54) is 0 Å². The van der Waals surface area contributed by atoms with Crippen molar-refractivity contribution in [3.63, 3.8) is 0 Å². The molecule has 2 fully saturated rings. The second-order valence-corrected chi connectivity index (χ2v) is 7.01. The fourth-order valence-corrected chi connectivity index (χ4v) is 3.77. The number of amides is 3. The SMILES string of the molecule is CCN1CC[C@@H](N(C)C(=O)Nc2cccc(N3CCOC3=O)c2)C[C@H]1C. The van der Waals surface area contributed by atoms with E-state index in [1.54, 1.807) is 15.9 Å². The number of cyclic esters (lactones) is 1. The number of hydrogen-bond acceptors (Lipinski definition) is 4. The van der Waals surface area contributed by atoms with E-state index < -0.39 is 0 Å². The van der Waals surface area contributed by atoms with Crippen LogP contribution >= 0.6 is 0 Å². The van der Waals surface area contributed by atoms with Crippen molar-refractivity contribution in [1.82, 2.24) is 9.80 Å². The zero-order valence-corrected chi connectivity index (χ0v) is 15.8. The molecule has 3 rings (SSSR count). The third-order valence-electron chi connectivity index (χ3n) is 5.43. The quantitative estimate of drug-likeness (QED) is 0.896. The van der Waals surface area contributed by atoms with Crippen LogP contribution in [0.4, 0.5) is 21.0 Å². The van der Waals surface area contributed by atoms with E-state index in [0.717, 1.165) is 31.6 Å². The number of carbonyl (C=O) groups excluding carboxylic acids is 2. The van der Waals surface area contributed by atoms with Gasteiger partial charge in [0.05, 0.1) is 6.54 Å². The molecule has 26 heavy (non-hydrogen) atoms. The molecular formula is C19H28N4O3. The maximum atomic E-state index is 12.7. The lowest BCUT2D eigenvalue weighted by Gasteiger charge is -2.40. The van der Waals surface area contributed by atoms with Gasteiger partial charge in [0.1, 0.15) is 6.61 Å². The number of carbonyl (C=O) groups is 2. The minimum Gasteiger partial charge on any atom is -0.447 e. The van der Waals surface area contributed by atoms with Crippen LogP contribution < -0.4 is 10.2 Å². The summed E-state index contributed by atoms with van der Waals surface area (Å²) in [6.07, 6.45) is 1.63. The fourth-order valence-electron chi connectivity index (χ4n) is 3.77. The largest absolute Gasteiger partial charge is 0.447 e. The molecule has 0 radical (unpaired) electrons. The molecule has 1 aromatic rings. The lowest BCUT2D eigenvalue weighted by atomic mass is 9.97. The van der Waals surface area contributed by atoms with Gasteiger partial charge in [-0.3, -0.25) is 4.90 Å². The summed E-state index contributed by atoms with van der Waals surface area (Å²) in [5.41, 5.74) is 1.41. The molecule has 2 atom stereocenters. The van der Waals surface area contributed by atoms with Crippen LogP contribution in [0.3, 0.4) is 0 Å². The molecule has 0 saturated carbocycles. The number of hydrogen-bond donors (Lipinski definition) is 1. The molecule has 0 aromatic heterocycles. The molecule has 2 aliphatic rings. The zero-order valence-electron chi connectivity index (χ0n) is 15.8. The van der Waals surface area contributed by atoms with Crippen LogP contribution in [0.2, 0.25) is 0 Å². The molecule has 0 aliphatic carbocycles. The lowest BCUT2D eigenvalue weighted by Crippen LogP contribution is -2.50. The first-order chi connectivity index (χ1) is 12.5. The first kappa shape index (κ1) is 18.5. The highest BCUT2D eigenvalue weighted by Crippen LogP contribution is 2.24. The van der Waals surface area contributed by atoms with E-state index in [0.29, 0.717) is 24.9 Å². The highest BCUT2D eigenvalue weighted by Gasteiger charge is 2.29. The summed E-state index contributed by atoms with van der Waals surface area (Å²) in [6.45, 7) is 7.40. The topological polar surface area (TPSA) is 65.1 Å². The number of benzene rings is 1. The number of nitrogens with zero attached hydrogens (tertiary/aromatic N) is 3. The Morgan fingerprint density at radius 3 is 2.85 bits per heavy atom. The smallest absolute Gasteiger partial charge is 0.414 e. The monoisotopic (exact) mass is 360 g/mol. The first-order valence-corrected chi connectivity index (χ1v) is 9.31. The molecule has 142 valence electrons. The van der Waals surface area contributed by atoms with Crippen molar-refractivity contribution in [3.8, 4) is 0 Å². The highest BCUT2D eigenvalue weighted by atomic mass is 16.6. The van der Waals surface area contributed by atoms with Crippen LogP contribution in [0.15, 0.2) is 24.3 Å². The van der Waals surface area contributed by atoms with E-state index in [1.807, 2.05) is 25.2 Å². The summed E-state index contributed by atoms with van der Waals surface area (Å²) in [5.74, 6) is 0. The molecule has 0 unspecified atom stereocenters. The first-order valence-electron chi connectivity index (χ1n) is 9.31. The third-order valence-corrected chi connectivity index (χ3v) is 5.43. The summed E-state index contributed by atoms with van der Waals surface area (Å²) in [7, 11) is 1.86. The van der Waals surface area contributed by atoms with Gasteiger partial charge in [-0.25, -0.2) is 9.59 Å². The van der Waals surface area contributed by atoms with Gasteiger partial charge in [-0.1, -0.05) is 13.0 Å². The van der Waals surface area contributed by atoms with Crippen LogP contribution in [0.25, 0.3) is 0 Å². The number of likely N-dealkylation sites (tertiary alicyclic amines) is 1. The van der Waals surface area contributed by atoms with Gasteiger partial charge in [-0.05, 0) is 44.5 Å². The number of nitrogens with one attached hydrogen (secondary N) is 1. The number of ether oxygens (including phenoxy) is 1. The van der Waals surface area contributed by atoms with Crippen LogP contribution in [0, 0.1) is 0 Å². The number of anilines is 2. The van der Waals surface area contributed by atoms with Gasteiger partial charge in [-0.15, -0.1) is 0 Å². The van der Waals surface area contributed by atoms with Crippen molar-refractivity contribution in [2.45, 2.75) is 38.8 Å². The van der Waals surface area contributed by atoms with Crippen molar-refractivity contribution in [2.24, 2.45) is 0 Å². The van der Waals surface area contributed by atoms with Crippen LogP contribution in [-0.2, 0) is 4.74 Å². The predicted molar refractivity (Wildman–Crippen MR) is 102 cm³/mol. The van der Waals surface area contributed by atoms with Crippen molar-refractivity contribution in [1.29, 1.82) is 0 Å². The Bertz CT molecular complexity index is 666. The summed E-state index contributed by atoms with van der Waals surface area (Å²) in [6, 6.07) is 7.92. The van der Waals surface area contributed by atoms with Gasteiger partial charge < -0.3 is 19.9 Å². The lowest BCUT2D eigenvalue weighted by molar-refractivity contribution is 0.104. The van der Waals surface area contributed by atoms with Gasteiger partial charge in [0.25, 0.3) is 0 Å². The number of rotatable bonds is 4. The number of urea groups is 1. The average Bonchev–Trinajstić information content (AvgIpc) is 3.07. The van der Waals surface area contributed by atoms with Gasteiger partial charge in [0.2, 0.25) is 0 Å². The average molecular weight is 360 g/mol. The molecule has 0 spiro atoms. The normalized spacial score (nSPS) is 23.7. The molecule has 7 nitrogen and oxygen atoms in total. The summed E-state index contributed by atoms with van der Waals surface area (Å²) >= 11 is 0. The number of piperidine rings is 1. The molecule has 0 bridgehead atoms. The Balaban J connectivity index is 1.62. The van der Waals surface area contributed by atoms with Crippen LogP contribution in [0.5, 0.6) is 0 Å². The van der Waals surface area contributed by atoms with Crippen molar-refractivity contribution in [3.05, 3.63) is 24.3 Å². The second-order valence-electron chi connectivity index (χ2n) is 7.01. The standard InChI is InChI=1S/C19H28N4O3/c1-4-22-9-8-16(12-14(22)2)21(3)18(24)20-15-6-5-7-17(13-15)23-10-11-26-19(23)25/h5-7,13-14,16H,4,8-12H2,1-3H3,(H,20,24)/t14-,16-/m1/s1. The van der Waals surface area contributed by atoms with Gasteiger partial charge in [0.15, 0.2) is 0 Å². The third kappa shape index (κ3) is 3.93. The predicted octanol–water partition coefficient (Wildman–Crippen LogP) is 2.98. The fraction of sp³-hybridized carbons (Fsp3) is 0.579. The van der Waals surface area contributed by atoms with E-state index >= 15 is 0 Å². The van der Waals surface area contributed by atoms with E-state index in [-0.39, 0.29) is 18.2 Å². The summed E-state index contributed by atoms with van der Waals surface area (Å²) in [4.78, 5) is 30.2. The van der Waals surface area contributed by atoms with Crippen LogP contribution in [0.1, 0.15) is 26.7 Å². The molecule has 1 N–H and O–H groups in total. The summed E-state index contributed by atoms with van der Waals surface area (Å²) < 4.78 is 4.97. The van der Waals surface area contributed by atoms with Crippen molar-refractivity contribution >= 4 is 23.5 Å². The minimum absolute atomic E-state index is 0.117. The molecule has 2 aliphatic heterocycles. The Morgan fingerprint density at radius 1 is 1.38 bits per heavy atom. The van der Waals surface area contributed by atoms with Crippen LogP contribution in [-0.4, -0.2) is 67.3 Å². The van der Waals surface area contributed by atoms with Crippen molar-refractivity contribution in [2.75, 3.05) is 43.5 Å². The Labute approximate surface area is 154 Å². The molecule has 2 saturated heterocycles. The molecule has 7 heteroatoms. The highest BCUT2D eigenvalue weighted by molar-refractivity contribution is 5.93. The van der Waals surface area contributed by atoms with Gasteiger partial charge >= 0.3 is 12.1 Å². The van der Waals surface area contributed by atoms with E-state index in [4.69, 9.17) is 4.74 Å². The van der Waals surface area contributed by atoms with E-state index in [2.05, 4.69) is 24.1 Å². The van der Waals surface area contributed by atoms with Gasteiger partial charge in [0, 0.05) is 37.1 Å². The maximum Gasteiger partial charge on any atom is 0.414 e. The molecular weight excluding hydrogens is 332 g/mol. The summed E-state index contributed by atoms with van der Waals surface area (Å²) in [5, 5.41) is 2.95. The minimum atomic E-state index is -0.345. The molecule has 2 heterocycles. The van der Waals surface area contributed by atoms with Crippen molar-refractivity contribution < 1.29 is 14.3 Å². The molecule has 1 aromatic carbocycles. The van der Waals surface area contributed by atoms with E-state index in [9.17, 15) is 9.59 Å². The Kier molecular flexibility index (Phi) is 5.66. The molecule has 3 amide bonds. The zero-order chi connectivity index (χ0) is 18.7. The Morgan fingerprint density at radius 2 is 2.19 bits per heavy atom. The van der Waals surface area contributed by atoms with Gasteiger partial charge in [-0.2, -0.15) is 0 Å². The Hall–Kier alpha value is -2.28.